The summed E-state index contributed by atoms with van der Waals surface area (Å²) in [6.07, 6.45) is 3.67. The smallest absolute Gasteiger partial charge is 0.169 e. The quantitative estimate of drug-likeness (QED) is 0.646. The molecule has 1 fully saturated rings. The number of nitrogens with zero attached hydrogens (tertiary/aromatic N) is 2. The van der Waals surface area contributed by atoms with E-state index in [9.17, 15) is 4.79 Å². The van der Waals surface area contributed by atoms with Gasteiger partial charge in [-0.3, -0.25) is 9.69 Å². The Bertz CT molecular complexity index is 689. The summed E-state index contributed by atoms with van der Waals surface area (Å²) in [6.45, 7) is 7.26. The van der Waals surface area contributed by atoms with Gasteiger partial charge in [0.25, 0.3) is 0 Å². The number of hydrogen-bond acceptors (Lipinski definition) is 4. The second kappa shape index (κ2) is 9.45. The molecule has 1 aliphatic heterocycles. The van der Waals surface area contributed by atoms with Gasteiger partial charge in [0.2, 0.25) is 0 Å². The summed E-state index contributed by atoms with van der Waals surface area (Å²) in [6, 6.07) is 12.8. The van der Waals surface area contributed by atoms with Crippen molar-refractivity contribution in [2.24, 2.45) is 5.92 Å². The molecule has 2 heterocycles. The highest BCUT2D eigenvalue weighted by molar-refractivity contribution is 7.12. The van der Waals surface area contributed by atoms with E-state index < -0.39 is 0 Å². The van der Waals surface area contributed by atoms with Gasteiger partial charge in [-0.2, -0.15) is 0 Å². The molecule has 26 heavy (non-hydrogen) atoms. The third kappa shape index (κ3) is 5.76. The minimum Gasteiger partial charge on any atom is -0.306 e. The van der Waals surface area contributed by atoms with Crippen LogP contribution in [0.25, 0.3) is 0 Å². The van der Waals surface area contributed by atoms with Gasteiger partial charge in [-0.25, -0.2) is 0 Å². The van der Waals surface area contributed by atoms with Crippen LogP contribution in [0.1, 0.15) is 40.6 Å². The minimum atomic E-state index is 0.174. The Morgan fingerprint density at radius 3 is 2.58 bits per heavy atom. The van der Waals surface area contributed by atoms with E-state index in [1.54, 1.807) is 18.3 Å². The highest BCUT2D eigenvalue weighted by Gasteiger charge is 2.20. The number of likely N-dealkylation sites (tertiary alicyclic amines) is 1. The molecule has 0 bridgehead atoms. The van der Waals surface area contributed by atoms with E-state index in [1.807, 2.05) is 0 Å². The lowest BCUT2D eigenvalue weighted by Gasteiger charge is -2.33. The summed E-state index contributed by atoms with van der Waals surface area (Å²) >= 11 is 1.58. The van der Waals surface area contributed by atoms with Gasteiger partial charge in [0.05, 0.1) is 4.88 Å². The Hall–Kier alpha value is -1.49. The van der Waals surface area contributed by atoms with Gasteiger partial charge in [0.1, 0.15) is 0 Å². The van der Waals surface area contributed by atoms with Crippen LogP contribution >= 0.6 is 11.3 Å². The molecule has 0 aliphatic carbocycles. The van der Waals surface area contributed by atoms with Crippen molar-refractivity contribution >= 4 is 17.1 Å². The molecule has 4 heteroatoms. The standard InChI is InChI=1S/C22H30N2OS/c1-18(25)22-14-21(17-26-22)16-24(13-10-19-6-4-3-5-7-19)15-20-8-11-23(2)12-9-20/h3-7,14,17,20H,8-13,15-16H2,1-2H3. The van der Waals surface area contributed by atoms with Gasteiger partial charge in [-0.15, -0.1) is 11.3 Å². The molecule has 2 aromatic rings. The average Bonchev–Trinajstić information content (AvgIpc) is 3.11. The van der Waals surface area contributed by atoms with E-state index in [-0.39, 0.29) is 5.78 Å². The molecule has 0 unspecified atom stereocenters. The highest BCUT2D eigenvalue weighted by atomic mass is 32.1. The van der Waals surface area contributed by atoms with E-state index in [4.69, 9.17) is 0 Å². The summed E-state index contributed by atoms with van der Waals surface area (Å²) in [5.41, 5.74) is 2.68. The van der Waals surface area contributed by atoms with Crippen molar-refractivity contribution in [1.29, 1.82) is 0 Å². The summed E-state index contributed by atoms with van der Waals surface area (Å²) < 4.78 is 0. The Morgan fingerprint density at radius 1 is 1.19 bits per heavy atom. The summed E-state index contributed by atoms with van der Waals surface area (Å²) in [5.74, 6) is 0.959. The molecular weight excluding hydrogens is 340 g/mol. The minimum absolute atomic E-state index is 0.174. The number of benzene rings is 1. The maximum atomic E-state index is 11.6. The van der Waals surface area contributed by atoms with Crippen molar-refractivity contribution in [2.45, 2.75) is 32.7 Å². The van der Waals surface area contributed by atoms with Crippen molar-refractivity contribution in [3.63, 3.8) is 0 Å². The van der Waals surface area contributed by atoms with Crippen molar-refractivity contribution in [3.8, 4) is 0 Å². The maximum absolute atomic E-state index is 11.6. The first-order valence-corrected chi connectivity index (χ1v) is 10.5. The predicted molar refractivity (Wildman–Crippen MR) is 110 cm³/mol. The number of carbonyl (C=O) groups excluding carboxylic acids is 1. The Morgan fingerprint density at radius 2 is 1.92 bits per heavy atom. The molecule has 0 spiro atoms. The van der Waals surface area contributed by atoms with Gasteiger partial charge < -0.3 is 4.90 Å². The molecule has 1 aromatic heterocycles. The second-order valence-electron chi connectivity index (χ2n) is 7.59. The zero-order valence-corrected chi connectivity index (χ0v) is 16.8. The van der Waals surface area contributed by atoms with Crippen molar-refractivity contribution in [1.82, 2.24) is 9.80 Å². The molecule has 0 N–H and O–H groups in total. The first-order valence-electron chi connectivity index (χ1n) is 9.63. The number of ketones is 1. The zero-order chi connectivity index (χ0) is 18.4. The van der Waals surface area contributed by atoms with Crippen LogP contribution in [0.2, 0.25) is 0 Å². The van der Waals surface area contributed by atoms with Crippen LogP contribution in [0, 0.1) is 5.92 Å². The Balaban J connectivity index is 1.62. The van der Waals surface area contributed by atoms with E-state index in [1.165, 1.54) is 37.1 Å². The molecule has 0 radical (unpaired) electrons. The van der Waals surface area contributed by atoms with Crippen LogP contribution in [-0.4, -0.2) is 48.8 Å². The van der Waals surface area contributed by atoms with Gasteiger partial charge in [-0.05, 0) is 74.8 Å². The lowest BCUT2D eigenvalue weighted by Crippen LogP contribution is -2.37. The second-order valence-corrected chi connectivity index (χ2v) is 8.50. The summed E-state index contributed by atoms with van der Waals surface area (Å²) in [7, 11) is 2.22. The number of Topliss-reactive ketones (excluding diaryl/α,β-unsaturated/α-hetero) is 1. The average molecular weight is 371 g/mol. The summed E-state index contributed by atoms with van der Waals surface area (Å²) in [4.78, 5) is 17.5. The third-order valence-electron chi connectivity index (χ3n) is 5.32. The largest absolute Gasteiger partial charge is 0.306 e. The number of thiophene rings is 1. The molecule has 0 atom stereocenters. The molecule has 140 valence electrons. The van der Waals surface area contributed by atoms with E-state index in [0.717, 1.165) is 36.9 Å². The number of piperidine rings is 1. The van der Waals surface area contributed by atoms with Crippen LogP contribution in [0.4, 0.5) is 0 Å². The lowest BCUT2D eigenvalue weighted by molar-refractivity contribution is 0.102. The number of rotatable bonds is 8. The molecule has 1 saturated heterocycles. The summed E-state index contributed by atoms with van der Waals surface area (Å²) in [5, 5.41) is 2.15. The van der Waals surface area contributed by atoms with Gasteiger partial charge in [0, 0.05) is 19.6 Å². The fourth-order valence-electron chi connectivity index (χ4n) is 3.68. The molecule has 0 amide bonds. The lowest BCUT2D eigenvalue weighted by atomic mass is 9.96. The third-order valence-corrected chi connectivity index (χ3v) is 6.40. The van der Waals surface area contributed by atoms with Crippen LogP contribution in [0.3, 0.4) is 0 Å². The predicted octanol–water partition coefficient (Wildman–Crippen LogP) is 4.34. The maximum Gasteiger partial charge on any atom is 0.169 e. The van der Waals surface area contributed by atoms with Crippen molar-refractivity contribution < 1.29 is 4.79 Å². The first-order chi connectivity index (χ1) is 12.6. The zero-order valence-electron chi connectivity index (χ0n) is 16.0. The van der Waals surface area contributed by atoms with Gasteiger partial charge >= 0.3 is 0 Å². The molecular formula is C22H30N2OS. The Kier molecular flexibility index (Phi) is 7.00. The normalized spacial score (nSPS) is 16.3. The van der Waals surface area contributed by atoms with Crippen molar-refractivity contribution in [2.75, 3.05) is 33.2 Å². The number of carbonyl (C=O) groups is 1. The van der Waals surface area contributed by atoms with Crippen LogP contribution in [0.15, 0.2) is 41.8 Å². The Labute approximate surface area is 161 Å². The molecule has 3 nitrogen and oxygen atoms in total. The van der Waals surface area contributed by atoms with Crippen LogP contribution in [-0.2, 0) is 13.0 Å². The SMILES string of the molecule is CC(=O)c1cc(CN(CCc2ccccc2)CC2CCN(C)CC2)cs1. The van der Waals surface area contributed by atoms with E-state index in [0.29, 0.717) is 0 Å². The highest BCUT2D eigenvalue weighted by Crippen LogP contribution is 2.21. The van der Waals surface area contributed by atoms with Crippen LogP contribution in [0.5, 0.6) is 0 Å². The fourth-order valence-corrected chi connectivity index (χ4v) is 4.48. The first kappa shape index (κ1) is 19.3. The van der Waals surface area contributed by atoms with Gasteiger partial charge in [0.15, 0.2) is 5.78 Å². The van der Waals surface area contributed by atoms with E-state index in [2.05, 4.69) is 58.6 Å². The van der Waals surface area contributed by atoms with E-state index >= 15 is 0 Å². The molecule has 1 aliphatic rings. The molecule has 3 rings (SSSR count). The molecule has 0 saturated carbocycles. The molecule has 1 aromatic carbocycles. The monoisotopic (exact) mass is 370 g/mol. The van der Waals surface area contributed by atoms with Crippen molar-refractivity contribution in [3.05, 3.63) is 57.8 Å². The fraction of sp³-hybridized carbons (Fsp3) is 0.500. The topological polar surface area (TPSA) is 23.6 Å². The number of hydrogen-bond donors (Lipinski definition) is 0. The van der Waals surface area contributed by atoms with Gasteiger partial charge in [-0.1, -0.05) is 30.3 Å². The van der Waals surface area contributed by atoms with Crippen LogP contribution < -0.4 is 0 Å².